The van der Waals surface area contributed by atoms with Crippen molar-refractivity contribution < 1.29 is 28.2 Å². The second-order valence-corrected chi connectivity index (χ2v) is 5.03. The Morgan fingerprint density at radius 1 is 1.25 bits per heavy atom. The van der Waals surface area contributed by atoms with Crippen LogP contribution in [0.5, 0.6) is 11.5 Å². The van der Waals surface area contributed by atoms with Crippen molar-refractivity contribution in [3.05, 3.63) is 23.3 Å². The molecular weight excluding hydrogens is 270 g/mol. The molecule has 6 heteroatoms. The van der Waals surface area contributed by atoms with E-state index in [1.807, 2.05) is 0 Å². The largest absolute Gasteiger partial charge is 0.493 e. The predicted octanol–water partition coefficient (Wildman–Crippen LogP) is 2.93. The third-order valence-corrected chi connectivity index (χ3v) is 3.67. The molecule has 1 N–H and O–H groups in total. The lowest BCUT2D eigenvalue weighted by Crippen LogP contribution is -2.24. The molecule has 0 aromatic heterocycles. The summed E-state index contributed by atoms with van der Waals surface area (Å²) in [5.74, 6) is -3.83. The first-order valence-corrected chi connectivity index (χ1v) is 6.14. The van der Waals surface area contributed by atoms with Crippen molar-refractivity contribution in [2.75, 3.05) is 14.2 Å². The van der Waals surface area contributed by atoms with Crippen LogP contribution in [0.1, 0.15) is 30.9 Å². The highest BCUT2D eigenvalue weighted by molar-refractivity contribution is 5.86. The van der Waals surface area contributed by atoms with Crippen molar-refractivity contribution in [2.45, 2.75) is 31.1 Å². The lowest BCUT2D eigenvalue weighted by molar-refractivity contribution is -0.140. The third kappa shape index (κ3) is 2.19. The van der Waals surface area contributed by atoms with Crippen molar-refractivity contribution >= 4 is 5.97 Å². The van der Waals surface area contributed by atoms with Crippen molar-refractivity contribution in [3.8, 4) is 11.5 Å². The molecule has 1 aromatic carbocycles. The first-order chi connectivity index (χ1) is 9.26. The van der Waals surface area contributed by atoms with Gasteiger partial charge in [-0.25, -0.2) is 8.78 Å². The maximum Gasteiger partial charge on any atom is 0.314 e. The van der Waals surface area contributed by atoms with Gasteiger partial charge in [-0.1, -0.05) is 0 Å². The molecule has 0 amide bonds. The predicted molar refractivity (Wildman–Crippen MR) is 67.7 cm³/mol. The highest BCUT2D eigenvalue weighted by atomic mass is 19.3. The highest BCUT2D eigenvalue weighted by Crippen LogP contribution is 2.53. The molecule has 0 bridgehead atoms. The topological polar surface area (TPSA) is 55.8 Å². The second kappa shape index (κ2) is 4.61. The van der Waals surface area contributed by atoms with Crippen molar-refractivity contribution in [2.24, 2.45) is 0 Å². The van der Waals surface area contributed by atoms with Gasteiger partial charge in [0.15, 0.2) is 11.5 Å². The minimum Gasteiger partial charge on any atom is -0.493 e. The van der Waals surface area contributed by atoms with E-state index >= 15 is 0 Å². The number of methoxy groups -OCH3 is 2. The maximum absolute atomic E-state index is 13.8. The Bertz CT molecular complexity index is 545. The Morgan fingerprint density at radius 2 is 1.75 bits per heavy atom. The molecule has 2 rings (SSSR count). The standard InChI is InChI=1S/C14H16F2O4/c1-13(15,16)8-6-10(19-2)11(20-3)7-9(8)14(4-5-14)12(17)18/h6-7H,4-5H2,1-3H3,(H,17,18). The van der Waals surface area contributed by atoms with E-state index in [1.165, 1.54) is 20.3 Å². The fraction of sp³-hybridized carbons (Fsp3) is 0.500. The molecule has 0 spiro atoms. The number of benzene rings is 1. The first-order valence-electron chi connectivity index (χ1n) is 6.14. The molecule has 1 aliphatic carbocycles. The summed E-state index contributed by atoms with van der Waals surface area (Å²) in [6, 6.07) is 2.52. The van der Waals surface area contributed by atoms with Gasteiger partial charge in [0.05, 0.1) is 19.6 Å². The second-order valence-electron chi connectivity index (χ2n) is 5.03. The van der Waals surface area contributed by atoms with Gasteiger partial charge in [0, 0.05) is 12.5 Å². The molecule has 1 aliphatic rings. The van der Waals surface area contributed by atoms with Gasteiger partial charge in [0.1, 0.15) is 0 Å². The number of carbonyl (C=O) groups is 1. The minimum atomic E-state index is -3.15. The van der Waals surface area contributed by atoms with E-state index < -0.39 is 17.3 Å². The highest BCUT2D eigenvalue weighted by Gasteiger charge is 2.54. The molecule has 1 saturated carbocycles. The molecule has 0 saturated heterocycles. The van der Waals surface area contributed by atoms with E-state index in [1.54, 1.807) is 0 Å². The number of ether oxygens (including phenoxy) is 2. The smallest absolute Gasteiger partial charge is 0.314 e. The first kappa shape index (κ1) is 14.6. The molecule has 20 heavy (non-hydrogen) atoms. The van der Waals surface area contributed by atoms with Crippen LogP contribution in [-0.2, 0) is 16.1 Å². The van der Waals surface area contributed by atoms with Crippen LogP contribution in [0.4, 0.5) is 8.78 Å². The van der Waals surface area contributed by atoms with Crippen LogP contribution in [0.2, 0.25) is 0 Å². The number of hydrogen-bond acceptors (Lipinski definition) is 3. The summed E-state index contributed by atoms with van der Waals surface area (Å²) in [7, 11) is 2.73. The number of aliphatic carboxylic acids is 1. The Kier molecular flexibility index (Phi) is 3.36. The van der Waals surface area contributed by atoms with Gasteiger partial charge in [-0.15, -0.1) is 0 Å². The number of carboxylic acid groups (broad SMARTS) is 1. The molecule has 0 radical (unpaired) electrons. The van der Waals surface area contributed by atoms with Gasteiger partial charge in [-0.3, -0.25) is 4.79 Å². The molecule has 0 unspecified atom stereocenters. The van der Waals surface area contributed by atoms with E-state index in [4.69, 9.17) is 9.47 Å². The average Bonchev–Trinajstić information content (AvgIpc) is 3.17. The van der Waals surface area contributed by atoms with Crippen LogP contribution in [0.3, 0.4) is 0 Å². The lowest BCUT2D eigenvalue weighted by atomic mass is 9.88. The quantitative estimate of drug-likeness (QED) is 0.904. The lowest BCUT2D eigenvalue weighted by Gasteiger charge is -2.22. The number of carboxylic acids is 1. The zero-order chi connectivity index (χ0) is 15.1. The summed E-state index contributed by atoms with van der Waals surface area (Å²) in [4.78, 5) is 11.4. The summed E-state index contributed by atoms with van der Waals surface area (Å²) in [5.41, 5.74) is -1.45. The van der Waals surface area contributed by atoms with Gasteiger partial charge in [0.25, 0.3) is 5.92 Å². The van der Waals surface area contributed by atoms with Gasteiger partial charge in [-0.2, -0.15) is 0 Å². The van der Waals surface area contributed by atoms with E-state index in [0.717, 1.165) is 13.0 Å². The Balaban J connectivity index is 2.68. The Labute approximate surface area is 115 Å². The molecule has 0 atom stereocenters. The van der Waals surface area contributed by atoms with E-state index in [2.05, 4.69) is 0 Å². The SMILES string of the molecule is COc1cc(C(C)(F)F)c(C2(C(=O)O)CC2)cc1OC. The van der Waals surface area contributed by atoms with Crippen molar-refractivity contribution in [1.82, 2.24) is 0 Å². The number of halogens is 2. The molecule has 1 fully saturated rings. The molecule has 0 heterocycles. The monoisotopic (exact) mass is 286 g/mol. The van der Waals surface area contributed by atoms with Crippen LogP contribution in [0.25, 0.3) is 0 Å². The van der Waals surface area contributed by atoms with Crippen molar-refractivity contribution in [1.29, 1.82) is 0 Å². The zero-order valence-electron chi connectivity index (χ0n) is 11.5. The number of hydrogen-bond donors (Lipinski definition) is 1. The number of rotatable bonds is 5. The van der Waals surface area contributed by atoms with Crippen molar-refractivity contribution in [3.63, 3.8) is 0 Å². The van der Waals surface area contributed by atoms with Gasteiger partial charge in [0.2, 0.25) is 0 Å². The van der Waals surface area contributed by atoms with E-state index in [9.17, 15) is 18.7 Å². The van der Waals surface area contributed by atoms with Gasteiger partial charge < -0.3 is 14.6 Å². The maximum atomic E-state index is 13.8. The molecule has 4 nitrogen and oxygen atoms in total. The fourth-order valence-electron chi connectivity index (χ4n) is 2.36. The Hall–Kier alpha value is -1.85. The summed E-state index contributed by atoms with van der Waals surface area (Å²) < 4.78 is 37.7. The van der Waals surface area contributed by atoms with Crippen LogP contribution in [0, 0.1) is 0 Å². The third-order valence-electron chi connectivity index (χ3n) is 3.67. The van der Waals surface area contributed by atoms with Gasteiger partial charge in [-0.05, 0) is 30.5 Å². The molecule has 110 valence electrons. The summed E-state index contributed by atoms with van der Waals surface area (Å²) in [6.07, 6.45) is 0.696. The normalized spacial score (nSPS) is 16.6. The molecule has 1 aromatic rings. The Morgan fingerprint density at radius 3 is 2.10 bits per heavy atom. The minimum absolute atomic E-state index is 0.107. The number of alkyl halides is 2. The van der Waals surface area contributed by atoms with Crippen LogP contribution >= 0.6 is 0 Å². The van der Waals surface area contributed by atoms with Gasteiger partial charge >= 0.3 is 5.97 Å². The van der Waals surface area contributed by atoms with Crippen LogP contribution in [-0.4, -0.2) is 25.3 Å². The summed E-state index contributed by atoms with van der Waals surface area (Å²) >= 11 is 0. The van der Waals surface area contributed by atoms with E-state index in [0.29, 0.717) is 12.8 Å². The van der Waals surface area contributed by atoms with Crippen LogP contribution < -0.4 is 9.47 Å². The van der Waals surface area contributed by atoms with E-state index in [-0.39, 0.29) is 22.6 Å². The van der Waals surface area contributed by atoms with Crippen LogP contribution in [0.15, 0.2) is 12.1 Å². The summed E-state index contributed by atoms with van der Waals surface area (Å²) in [5, 5.41) is 9.32. The fourth-order valence-corrected chi connectivity index (χ4v) is 2.36. The molecule has 0 aliphatic heterocycles. The summed E-state index contributed by atoms with van der Waals surface area (Å²) in [6.45, 7) is 0.746. The average molecular weight is 286 g/mol. The molecular formula is C14H16F2O4. The zero-order valence-corrected chi connectivity index (χ0v) is 11.5.